The van der Waals surface area contributed by atoms with Gasteiger partial charge in [-0.05, 0) is 24.3 Å². The van der Waals surface area contributed by atoms with Crippen LogP contribution >= 0.6 is 0 Å². The molecule has 2 aromatic rings. The highest BCUT2D eigenvalue weighted by atomic mass is 19.2. The molecule has 1 aromatic heterocycles. The molecule has 4 nitrogen and oxygen atoms in total. The molecule has 6 heteroatoms. The maximum atomic E-state index is 13.3. The summed E-state index contributed by atoms with van der Waals surface area (Å²) in [6, 6.07) is 9.06. The normalized spacial score (nSPS) is 9.74. The Morgan fingerprint density at radius 2 is 2.11 bits per heavy atom. The third-order valence-electron chi connectivity index (χ3n) is 2.34. The van der Waals surface area contributed by atoms with E-state index in [4.69, 9.17) is 5.26 Å². The molecule has 2 rings (SSSR count). The molecule has 0 fully saturated rings. The fourth-order valence-electron chi connectivity index (χ4n) is 1.46. The predicted octanol–water partition coefficient (Wildman–Crippen LogP) is 2.48. The summed E-state index contributed by atoms with van der Waals surface area (Å²) >= 11 is 0. The van der Waals surface area contributed by atoms with Gasteiger partial charge < -0.3 is 5.32 Å². The highest BCUT2D eigenvalue weighted by molar-refractivity contribution is 6.04. The number of pyridine rings is 1. The molecule has 0 saturated carbocycles. The largest absolute Gasteiger partial charge is 0.322 e. The van der Waals surface area contributed by atoms with Crippen molar-refractivity contribution in [3.63, 3.8) is 0 Å². The number of nitriles is 1. The van der Waals surface area contributed by atoms with Crippen molar-refractivity contribution in [3.05, 3.63) is 59.4 Å². The van der Waals surface area contributed by atoms with Gasteiger partial charge in [-0.3, -0.25) is 4.79 Å². The first-order chi connectivity index (χ1) is 9.11. The maximum absolute atomic E-state index is 13.3. The monoisotopic (exact) mass is 259 g/mol. The van der Waals surface area contributed by atoms with Crippen molar-refractivity contribution in [1.29, 1.82) is 5.26 Å². The molecule has 0 aliphatic carbocycles. The van der Waals surface area contributed by atoms with Crippen LogP contribution in [0.25, 0.3) is 0 Å². The summed E-state index contributed by atoms with van der Waals surface area (Å²) in [6.45, 7) is 0. The summed E-state index contributed by atoms with van der Waals surface area (Å²) in [6.07, 6.45) is 0.999. The van der Waals surface area contributed by atoms with E-state index in [1.807, 2.05) is 6.07 Å². The summed E-state index contributed by atoms with van der Waals surface area (Å²) < 4.78 is 26.2. The molecular weight excluding hydrogens is 252 g/mol. The highest BCUT2D eigenvalue weighted by Crippen LogP contribution is 2.14. The number of aromatic nitrogens is 1. The van der Waals surface area contributed by atoms with Crippen molar-refractivity contribution in [1.82, 2.24) is 4.98 Å². The lowest BCUT2D eigenvalue weighted by Gasteiger charge is -2.06. The molecule has 0 atom stereocenters. The maximum Gasteiger partial charge on any atom is 0.258 e. The predicted molar refractivity (Wildman–Crippen MR) is 63.3 cm³/mol. The SMILES string of the molecule is N#Cc1cccc(NC(=O)c2ccnc(F)c2F)c1. The number of nitrogens with one attached hydrogen (secondary N) is 1. The molecule has 0 aliphatic heterocycles. The van der Waals surface area contributed by atoms with Crippen LogP contribution in [0.1, 0.15) is 15.9 Å². The van der Waals surface area contributed by atoms with Crippen LogP contribution < -0.4 is 5.32 Å². The van der Waals surface area contributed by atoms with Gasteiger partial charge in [0, 0.05) is 11.9 Å². The second kappa shape index (κ2) is 5.23. The fraction of sp³-hybridized carbons (Fsp3) is 0. The summed E-state index contributed by atoms with van der Waals surface area (Å²) in [4.78, 5) is 14.8. The zero-order chi connectivity index (χ0) is 13.8. The van der Waals surface area contributed by atoms with Crippen molar-refractivity contribution in [2.75, 3.05) is 5.32 Å². The van der Waals surface area contributed by atoms with Crippen LogP contribution in [0.5, 0.6) is 0 Å². The van der Waals surface area contributed by atoms with Crippen molar-refractivity contribution in [3.8, 4) is 6.07 Å². The van der Waals surface area contributed by atoms with E-state index in [0.29, 0.717) is 11.3 Å². The lowest BCUT2D eigenvalue weighted by molar-refractivity contribution is 0.102. The highest BCUT2D eigenvalue weighted by Gasteiger charge is 2.16. The Bertz CT molecular complexity index is 680. The molecule has 1 N–H and O–H groups in total. The van der Waals surface area contributed by atoms with Crippen LogP contribution in [0.15, 0.2) is 36.5 Å². The Labute approximate surface area is 107 Å². The van der Waals surface area contributed by atoms with Crippen molar-refractivity contribution < 1.29 is 13.6 Å². The topological polar surface area (TPSA) is 65.8 Å². The number of amides is 1. The second-order valence-electron chi connectivity index (χ2n) is 3.61. The molecule has 0 radical (unpaired) electrons. The Morgan fingerprint density at radius 3 is 2.84 bits per heavy atom. The smallest absolute Gasteiger partial charge is 0.258 e. The number of carbonyl (C=O) groups is 1. The van der Waals surface area contributed by atoms with Crippen LogP contribution in [-0.4, -0.2) is 10.9 Å². The summed E-state index contributed by atoms with van der Waals surface area (Å²) in [5.74, 6) is -3.45. The Morgan fingerprint density at radius 1 is 1.32 bits per heavy atom. The first kappa shape index (κ1) is 12.6. The number of nitrogens with zero attached hydrogens (tertiary/aromatic N) is 2. The van der Waals surface area contributed by atoms with Gasteiger partial charge in [0.2, 0.25) is 5.95 Å². The van der Waals surface area contributed by atoms with Crippen LogP contribution in [-0.2, 0) is 0 Å². The number of carbonyl (C=O) groups excluding carboxylic acids is 1. The van der Waals surface area contributed by atoms with E-state index in [9.17, 15) is 13.6 Å². The average Bonchev–Trinajstić information content (AvgIpc) is 2.42. The van der Waals surface area contributed by atoms with Crippen LogP contribution in [0.4, 0.5) is 14.5 Å². The number of benzene rings is 1. The molecule has 0 spiro atoms. The van der Waals surface area contributed by atoms with Gasteiger partial charge in [0.25, 0.3) is 5.91 Å². The number of rotatable bonds is 2. The van der Waals surface area contributed by atoms with Gasteiger partial charge in [-0.2, -0.15) is 9.65 Å². The quantitative estimate of drug-likeness (QED) is 0.842. The van der Waals surface area contributed by atoms with E-state index >= 15 is 0 Å². The van der Waals surface area contributed by atoms with E-state index < -0.39 is 23.2 Å². The molecule has 0 unspecified atom stereocenters. The third-order valence-corrected chi connectivity index (χ3v) is 2.34. The minimum Gasteiger partial charge on any atom is -0.322 e. The lowest BCUT2D eigenvalue weighted by Crippen LogP contribution is -2.15. The molecule has 19 heavy (non-hydrogen) atoms. The Kier molecular flexibility index (Phi) is 3.48. The van der Waals surface area contributed by atoms with Gasteiger partial charge in [-0.25, -0.2) is 9.37 Å². The van der Waals surface area contributed by atoms with E-state index in [-0.39, 0.29) is 0 Å². The fourth-order valence-corrected chi connectivity index (χ4v) is 1.46. The van der Waals surface area contributed by atoms with Crippen molar-refractivity contribution in [2.45, 2.75) is 0 Å². The van der Waals surface area contributed by atoms with Gasteiger partial charge in [0.05, 0.1) is 17.2 Å². The Balaban J connectivity index is 2.26. The van der Waals surface area contributed by atoms with Crippen molar-refractivity contribution >= 4 is 11.6 Å². The van der Waals surface area contributed by atoms with Crippen LogP contribution in [0.3, 0.4) is 0 Å². The van der Waals surface area contributed by atoms with Crippen molar-refractivity contribution in [2.24, 2.45) is 0 Å². The molecule has 94 valence electrons. The average molecular weight is 259 g/mol. The zero-order valence-electron chi connectivity index (χ0n) is 9.52. The number of anilines is 1. The molecular formula is C13H7F2N3O. The van der Waals surface area contributed by atoms with E-state index in [2.05, 4.69) is 10.3 Å². The van der Waals surface area contributed by atoms with Crippen LogP contribution in [0.2, 0.25) is 0 Å². The molecule has 1 aromatic carbocycles. The first-order valence-corrected chi connectivity index (χ1v) is 5.23. The number of hydrogen-bond acceptors (Lipinski definition) is 3. The standard InChI is InChI=1S/C13H7F2N3O/c14-11-10(4-5-17-12(11)15)13(19)18-9-3-1-2-8(6-9)7-16/h1-6H,(H,18,19). The molecule has 0 bridgehead atoms. The Hall–Kier alpha value is -2.81. The van der Waals surface area contributed by atoms with E-state index in [0.717, 1.165) is 12.3 Å². The molecule has 0 aliphatic rings. The summed E-state index contributed by atoms with van der Waals surface area (Å²) in [5.41, 5.74) is 0.217. The van der Waals surface area contributed by atoms with Crippen LogP contribution in [0, 0.1) is 23.1 Å². The van der Waals surface area contributed by atoms with Gasteiger partial charge in [0.15, 0.2) is 5.82 Å². The molecule has 1 amide bonds. The molecule has 1 heterocycles. The summed E-state index contributed by atoms with van der Waals surface area (Å²) in [5, 5.41) is 11.1. The van der Waals surface area contributed by atoms with Gasteiger partial charge in [-0.15, -0.1) is 0 Å². The van der Waals surface area contributed by atoms with E-state index in [1.165, 1.54) is 12.1 Å². The second-order valence-corrected chi connectivity index (χ2v) is 3.61. The minimum atomic E-state index is -1.33. The van der Waals surface area contributed by atoms with Gasteiger partial charge >= 0.3 is 0 Å². The minimum absolute atomic E-state index is 0.320. The van der Waals surface area contributed by atoms with Gasteiger partial charge in [-0.1, -0.05) is 6.07 Å². The lowest BCUT2D eigenvalue weighted by atomic mass is 10.2. The number of halogens is 2. The summed E-state index contributed by atoms with van der Waals surface area (Å²) in [7, 11) is 0. The number of hydrogen-bond donors (Lipinski definition) is 1. The van der Waals surface area contributed by atoms with E-state index in [1.54, 1.807) is 12.1 Å². The zero-order valence-corrected chi connectivity index (χ0v) is 9.52. The van der Waals surface area contributed by atoms with Gasteiger partial charge in [0.1, 0.15) is 0 Å². The molecule has 0 saturated heterocycles. The first-order valence-electron chi connectivity index (χ1n) is 5.23. The third kappa shape index (κ3) is 2.72.